The highest BCUT2D eigenvalue weighted by molar-refractivity contribution is 5.90. The molecule has 16 nitrogen and oxygen atoms in total. The molecule has 300 valence electrons. The van der Waals surface area contributed by atoms with E-state index in [1.54, 1.807) is 41.8 Å². The maximum absolute atomic E-state index is 13.7. The Morgan fingerprint density at radius 2 is 1.82 bits per heavy atom. The number of fused-ring (bicyclic) bond motifs is 5. The minimum absolute atomic E-state index is 0.0994. The number of amides is 1. The Morgan fingerprint density at radius 3 is 2.47 bits per heavy atom. The third-order valence-electron chi connectivity index (χ3n) is 8.76. The number of nitrogens with one attached hydrogen (secondary N) is 1. The zero-order valence-corrected chi connectivity index (χ0v) is 32.7. The summed E-state index contributed by atoms with van der Waals surface area (Å²) < 4.78 is 29.1. The van der Waals surface area contributed by atoms with Gasteiger partial charge in [-0.25, -0.2) is 9.78 Å². The van der Waals surface area contributed by atoms with Crippen molar-refractivity contribution in [2.75, 3.05) is 33.9 Å². The van der Waals surface area contributed by atoms with Crippen LogP contribution in [0.15, 0.2) is 29.1 Å². The molecule has 0 bridgehead atoms. The molecule has 5 rings (SSSR count). The summed E-state index contributed by atoms with van der Waals surface area (Å²) in [5.74, 6) is -2.83. The van der Waals surface area contributed by atoms with E-state index in [0.717, 1.165) is 16.5 Å². The van der Waals surface area contributed by atoms with Crippen LogP contribution in [-0.2, 0) is 62.4 Å². The summed E-state index contributed by atoms with van der Waals surface area (Å²) in [5, 5.41) is 22.9. The summed E-state index contributed by atoms with van der Waals surface area (Å²) in [6.45, 7) is 10.2. The van der Waals surface area contributed by atoms with Crippen molar-refractivity contribution in [3.8, 4) is 17.1 Å². The maximum atomic E-state index is 13.7. The number of esters is 3. The van der Waals surface area contributed by atoms with Crippen LogP contribution in [0.1, 0.15) is 89.2 Å². The van der Waals surface area contributed by atoms with Gasteiger partial charge in [-0.2, -0.15) is 0 Å². The fourth-order valence-electron chi connectivity index (χ4n) is 6.26. The highest BCUT2D eigenvalue weighted by atomic mass is 16.7. The van der Waals surface area contributed by atoms with Crippen molar-refractivity contribution >= 4 is 34.7 Å². The predicted octanol–water partition coefficient (Wildman–Crippen LogP) is 3.23. The predicted molar refractivity (Wildman–Crippen MR) is 200 cm³/mol. The summed E-state index contributed by atoms with van der Waals surface area (Å²) >= 11 is 0. The van der Waals surface area contributed by atoms with Crippen LogP contribution in [0.4, 0.5) is 0 Å². The molecule has 55 heavy (non-hydrogen) atoms. The first-order chi connectivity index (χ1) is 26.1. The minimum Gasteiger partial charge on any atom is -0.508 e. The molecule has 2 aromatic heterocycles. The summed E-state index contributed by atoms with van der Waals surface area (Å²) in [6.07, 6.45) is -2.63. The van der Waals surface area contributed by atoms with Crippen LogP contribution in [0.2, 0.25) is 0 Å². The first kappa shape index (κ1) is 42.8. The van der Waals surface area contributed by atoms with Gasteiger partial charge < -0.3 is 43.8 Å². The van der Waals surface area contributed by atoms with Crippen molar-refractivity contribution in [2.45, 2.75) is 105 Å². The SMILES string of the molecule is CC.CCc1c2c(nc3ccc(O)cc13)-c1cc3c(c(=O)n1C2)COC(=O)C3OC(=O)CNC(=O)CCCC(=O)OCC(OC(CO)N(C)C)OC(C)(C)C. The molecular formula is C39H52N4O12. The molecule has 2 aliphatic heterocycles. The third-order valence-corrected chi connectivity index (χ3v) is 8.76. The number of aliphatic hydroxyl groups excluding tert-OH is 1. The molecule has 4 heterocycles. The number of cyclic esters (lactones) is 1. The van der Waals surface area contributed by atoms with Crippen molar-refractivity contribution in [3.63, 3.8) is 0 Å². The number of aliphatic hydroxyl groups is 1. The smallest absolute Gasteiger partial charge is 0.352 e. The lowest BCUT2D eigenvalue weighted by atomic mass is 9.97. The van der Waals surface area contributed by atoms with Gasteiger partial charge in [0.2, 0.25) is 12.0 Å². The number of aromatic nitrogens is 2. The number of aryl methyl sites for hydroxylation is 1. The zero-order valence-electron chi connectivity index (χ0n) is 32.7. The Balaban J connectivity index is 0.00000331. The van der Waals surface area contributed by atoms with Gasteiger partial charge in [0, 0.05) is 29.4 Å². The molecule has 0 aliphatic carbocycles. The van der Waals surface area contributed by atoms with E-state index in [9.17, 15) is 34.2 Å². The number of pyridine rings is 2. The number of hydrogen-bond donors (Lipinski definition) is 3. The molecule has 3 N–H and O–H groups in total. The van der Waals surface area contributed by atoms with E-state index in [1.165, 1.54) is 6.07 Å². The zero-order chi connectivity index (χ0) is 40.6. The van der Waals surface area contributed by atoms with Crippen molar-refractivity contribution < 1.29 is 53.1 Å². The lowest BCUT2D eigenvalue weighted by Gasteiger charge is -2.32. The van der Waals surface area contributed by atoms with Crippen LogP contribution in [0, 0.1) is 0 Å². The van der Waals surface area contributed by atoms with E-state index in [0.29, 0.717) is 23.3 Å². The second-order valence-corrected chi connectivity index (χ2v) is 14.0. The molecule has 2 aliphatic rings. The molecule has 16 heteroatoms. The molecule has 0 radical (unpaired) electrons. The van der Waals surface area contributed by atoms with E-state index < -0.39 is 60.1 Å². The van der Waals surface area contributed by atoms with Gasteiger partial charge >= 0.3 is 17.9 Å². The van der Waals surface area contributed by atoms with Gasteiger partial charge in [0.25, 0.3) is 5.56 Å². The molecule has 3 aromatic rings. The molecular weight excluding hydrogens is 716 g/mol. The number of carbonyl (C=O) groups is 4. The number of aromatic hydroxyl groups is 1. The third kappa shape index (κ3) is 10.4. The number of benzene rings is 1. The summed E-state index contributed by atoms with van der Waals surface area (Å²) in [7, 11) is 3.44. The largest absolute Gasteiger partial charge is 0.508 e. The number of ether oxygens (including phenoxy) is 5. The molecule has 0 saturated carbocycles. The van der Waals surface area contributed by atoms with Crippen molar-refractivity contribution in [1.29, 1.82) is 0 Å². The Bertz CT molecular complexity index is 1950. The van der Waals surface area contributed by atoms with Crippen molar-refractivity contribution in [2.24, 2.45) is 0 Å². The van der Waals surface area contributed by atoms with Crippen LogP contribution in [0.3, 0.4) is 0 Å². The van der Waals surface area contributed by atoms with Gasteiger partial charge in [-0.3, -0.25) is 24.1 Å². The lowest BCUT2D eigenvalue weighted by molar-refractivity contribution is -0.256. The molecule has 0 saturated heterocycles. The second-order valence-electron chi connectivity index (χ2n) is 14.0. The number of nitrogens with zero attached hydrogens (tertiary/aromatic N) is 3. The number of phenols is 1. The fraction of sp³-hybridized carbons (Fsp3) is 0.538. The average molecular weight is 769 g/mol. The summed E-state index contributed by atoms with van der Waals surface area (Å²) in [6, 6.07) is 6.50. The molecule has 3 atom stereocenters. The highest BCUT2D eigenvalue weighted by Crippen LogP contribution is 2.39. The molecule has 1 aromatic carbocycles. The van der Waals surface area contributed by atoms with E-state index in [1.807, 2.05) is 41.5 Å². The van der Waals surface area contributed by atoms with E-state index in [2.05, 4.69) is 5.32 Å². The van der Waals surface area contributed by atoms with Crippen molar-refractivity contribution in [3.05, 3.63) is 56.9 Å². The Kier molecular flexibility index (Phi) is 14.5. The van der Waals surface area contributed by atoms with Gasteiger partial charge in [-0.1, -0.05) is 20.8 Å². The van der Waals surface area contributed by atoms with Gasteiger partial charge in [0.1, 0.15) is 31.7 Å². The van der Waals surface area contributed by atoms with Gasteiger partial charge in [0.15, 0.2) is 6.29 Å². The number of carbonyl (C=O) groups excluding carboxylic acids is 4. The topological polar surface area (TPSA) is 205 Å². The van der Waals surface area contributed by atoms with Gasteiger partial charge in [0.05, 0.1) is 41.2 Å². The van der Waals surface area contributed by atoms with E-state index in [-0.39, 0.29) is 62.5 Å². The monoisotopic (exact) mass is 768 g/mol. The number of hydrogen-bond acceptors (Lipinski definition) is 14. The van der Waals surface area contributed by atoms with Crippen LogP contribution in [-0.4, -0.2) is 100 Å². The molecule has 0 spiro atoms. The van der Waals surface area contributed by atoms with Crippen LogP contribution < -0.4 is 10.9 Å². The quantitative estimate of drug-likeness (QED) is 0.0903. The fourth-order valence-corrected chi connectivity index (χ4v) is 6.26. The van der Waals surface area contributed by atoms with Crippen molar-refractivity contribution in [1.82, 2.24) is 19.8 Å². The first-order valence-corrected chi connectivity index (χ1v) is 18.4. The Morgan fingerprint density at radius 1 is 1.09 bits per heavy atom. The normalized spacial score (nSPS) is 15.5. The standard InChI is InChI=1S/C37H46N4O12.C2H6/c1-7-21-22-13-20(43)11-12-26(22)39-33-24(21)16-41-27(33)14-23-25(35(41)47)18-50-36(48)34(23)52-31(46)15-38-28(44)9-8-10-30(45)49-19-32(53-37(2,3)4)51-29(17-42)40(5)6;1-2/h11-14,29,32,34,42-43H,7-10,15-19H2,1-6H3,(H,38,44);1-2H3. The van der Waals surface area contributed by atoms with Crippen LogP contribution in [0.5, 0.6) is 5.75 Å². The summed E-state index contributed by atoms with van der Waals surface area (Å²) in [4.78, 5) is 70.7. The second kappa shape index (κ2) is 18.6. The van der Waals surface area contributed by atoms with Gasteiger partial charge in [-0.05, 0) is 77.5 Å². The Hall–Kier alpha value is -4.90. The summed E-state index contributed by atoms with van der Waals surface area (Å²) in [5.41, 5.74) is 2.75. The maximum Gasteiger partial charge on any atom is 0.352 e. The lowest BCUT2D eigenvalue weighted by Crippen LogP contribution is -2.42. The number of rotatable bonds is 15. The van der Waals surface area contributed by atoms with E-state index >= 15 is 0 Å². The number of likely N-dealkylation sites (N-methyl/N-ethyl adjacent to an activating group) is 1. The minimum atomic E-state index is -1.54. The first-order valence-electron chi connectivity index (χ1n) is 18.4. The number of phenolic OH excluding ortho intramolecular Hbond substituents is 1. The van der Waals surface area contributed by atoms with Gasteiger partial charge in [-0.15, -0.1) is 0 Å². The highest BCUT2D eigenvalue weighted by Gasteiger charge is 2.38. The van der Waals surface area contributed by atoms with Crippen LogP contribution >= 0.6 is 0 Å². The Labute approximate surface area is 319 Å². The molecule has 1 amide bonds. The molecule has 0 fully saturated rings. The molecule has 3 unspecified atom stereocenters. The average Bonchev–Trinajstić information content (AvgIpc) is 3.50. The van der Waals surface area contributed by atoms with Crippen LogP contribution in [0.25, 0.3) is 22.3 Å². The van der Waals surface area contributed by atoms with E-state index in [4.69, 9.17) is 28.7 Å².